The zero-order valence-corrected chi connectivity index (χ0v) is 76.2. The number of Topliss-reactive ketones (excluding diaryl/α,β-unsaturated/α-hetero) is 3. The average molecular weight is 1590 g/mol. The molecule has 32 atom stereocenters. The number of alkyl halides is 1. The number of ether oxygens (including phenoxy) is 8. The van der Waals surface area contributed by atoms with E-state index in [1.165, 1.54) is 13.8 Å². The normalized spacial score (nSPS) is 44.8. The highest BCUT2D eigenvalue weighted by atomic mass is 19.1. The number of likely N-dealkylation sites (N-methyl/N-ethyl adjacent to an activating group) is 2. The molecular weight excluding hydrogens is 1430 g/mol. The number of ketones is 3. The SMILES string of the molecule is CC.CC.CC.CC[C@H]1OC(=O)[C@@](C)(F)C(=O)[C@H](C)[C@@H](C)[C@](C)(OC)C[C@@H](C)CN(C)[C@H](C)[C@@H](O)[C@]1(C)O.CC[C@H]1OC(=O)[C@H](C)C(=O)[C@H](C)[C@@H](C)[C@](C)(OC)C[C@@H](C)C(=O)[C@H](C)[C@H]2CC(=O)O[C@@]21C.CC[C@H]1OC(=O)[C@H](C)[C@@H](O[C@@H]2C[C@@H](C)[C@H](O)[C@](C)(OC)C2)[C@H](C)[C@@H](C)[C@](C)(O)C[C@@H](C)CN(C)[C@H](C)[C@@H](O)[C@]1(C)O. The minimum Gasteiger partial charge on any atom is -0.459 e. The summed E-state index contributed by atoms with van der Waals surface area (Å²) in [6.45, 7) is 59.5. The lowest BCUT2D eigenvalue weighted by atomic mass is 9.69. The van der Waals surface area contributed by atoms with Crippen LogP contribution in [-0.2, 0) is 71.5 Å². The maximum absolute atomic E-state index is 15.5. The molecule has 1 saturated carbocycles. The second-order valence-electron chi connectivity index (χ2n) is 35.1. The van der Waals surface area contributed by atoms with Crippen molar-refractivity contribution in [1.82, 2.24) is 9.80 Å². The number of aliphatic hydroxyl groups excluding tert-OH is 3. The number of aliphatic hydroxyl groups is 6. The van der Waals surface area contributed by atoms with Crippen LogP contribution in [0.25, 0.3) is 0 Å². The highest BCUT2D eigenvalue weighted by molar-refractivity contribution is 6.07. The van der Waals surface area contributed by atoms with Gasteiger partial charge in [0.2, 0.25) is 0 Å². The molecule has 0 radical (unpaired) electrons. The van der Waals surface area contributed by atoms with Crippen LogP contribution in [0.5, 0.6) is 0 Å². The molecule has 1 aliphatic carbocycles. The largest absolute Gasteiger partial charge is 0.459 e. The van der Waals surface area contributed by atoms with Gasteiger partial charge in [0.15, 0.2) is 5.78 Å². The summed E-state index contributed by atoms with van der Waals surface area (Å²) in [5.74, 6) is -9.16. The fourth-order valence-electron chi connectivity index (χ4n) is 18.0. The molecule has 0 amide bonds. The van der Waals surface area contributed by atoms with Crippen molar-refractivity contribution in [2.75, 3.05) is 48.5 Å². The van der Waals surface area contributed by atoms with Gasteiger partial charge in [-0.15, -0.1) is 0 Å². The van der Waals surface area contributed by atoms with Gasteiger partial charge in [0.25, 0.3) is 5.67 Å². The third-order valence-electron chi connectivity index (χ3n) is 27.0. The minimum atomic E-state index is -2.90. The molecule has 0 aromatic heterocycles. The smallest absolute Gasteiger partial charge is 0.351 e. The second-order valence-corrected chi connectivity index (χ2v) is 35.1. The number of hydrogen-bond acceptors (Lipinski definition) is 23. The zero-order valence-electron chi connectivity index (χ0n) is 76.2. The Kier molecular flexibility index (Phi) is 43.3. The van der Waals surface area contributed by atoms with E-state index in [2.05, 4.69) is 6.92 Å². The monoisotopic (exact) mass is 1590 g/mol. The van der Waals surface area contributed by atoms with E-state index >= 15 is 4.39 Å². The lowest BCUT2D eigenvalue weighted by Gasteiger charge is -2.47. The predicted molar refractivity (Wildman–Crippen MR) is 433 cm³/mol. The van der Waals surface area contributed by atoms with E-state index in [-0.39, 0.29) is 77.9 Å². The molecule has 0 bridgehead atoms. The van der Waals surface area contributed by atoms with Crippen molar-refractivity contribution in [3.8, 4) is 0 Å². The van der Waals surface area contributed by atoms with Crippen LogP contribution in [-0.4, -0.2) is 236 Å². The van der Waals surface area contributed by atoms with Gasteiger partial charge in [0.1, 0.15) is 64.8 Å². The number of nitrogens with zero attached hydrogens (tertiary/aromatic N) is 2. The number of carbonyl (C=O) groups excluding carboxylic acids is 7. The van der Waals surface area contributed by atoms with E-state index in [4.69, 9.17) is 37.9 Å². The Labute approximate surface area is 671 Å². The van der Waals surface area contributed by atoms with Crippen molar-refractivity contribution >= 4 is 41.2 Å². The third-order valence-corrected chi connectivity index (χ3v) is 27.0. The maximum Gasteiger partial charge on any atom is 0.351 e. The van der Waals surface area contributed by atoms with Crippen LogP contribution in [0.2, 0.25) is 0 Å². The van der Waals surface area contributed by atoms with Crippen molar-refractivity contribution in [3.05, 3.63) is 0 Å². The van der Waals surface area contributed by atoms with Gasteiger partial charge in [0, 0.05) is 82.5 Å². The first-order valence-electron chi connectivity index (χ1n) is 42.0. The molecular formula is C87H163FN2O21. The fourth-order valence-corrected chi connectivity index (χ4v) is 18.0. The highest BCUT2D eigenvalue weighted by Crippen LogP contribution is 2.47. The topological polar surface area (TPSA) is 321 Å². The lowest BCUT2D eigenvalue weighted by Crippen LogP contribution is -2.59. The van der Waals surface area contributed by atoms with Crippen LogP contribution in [0.15, 0.2) is 0 Å². The molecule has 23 nitrogen and oxygen atoms in total. The molecule has 5 aliphatic rings. The van der Waals surface area contributed by atoms with E-state index in [0.717, 1.165) is 6.92 Å². The van der Waals surface area contributed by atoms with Crippen LogP contribution in [0, 0.1) is 82.9 Å². The van der Waals surface area contributed by atoms with Gasteiger partial charge in [-0.3, -0.25) is 28.8 Å². The molecule has 0 spiro atoms. The summed E-state index contributed by atoms with van der Waals surface area (Å²) in [5, 5.41) is 67.4. The molecule has 4 saturated heterocycles. The van der Waals surface area contributed by atoms with Gasteiger partial charge >= 0.3 is 23.9 Å². The number of halogens is 1. The molecule has 0 aromatic carbocycles. The van der Waals surface area contributed by atoms with Gasteiger partial charge in [-0.2, -0.15) is 0 Å². The minimum absolute atomic E-state index is 0.0144. The van der Waals surface area contributed by atoms with Gasteiger partial charge < -0.3 is 78.3 Å². The Hall–Kier alpha value is -3.66. The van der Waals surface area contributed by atoms with E-state index < -0.39 is 165 Å². The maximum atomic E-state index is 15.5. The van der Waals surface area contributed by atoms with E-state index in [1.807, 2.05) is 169 Å². The van der Waals surface area contributed by atoms with Gasteiger partial charge in [-0.05, 0) is 184 Å². The number of fused-ring (bicyclic) bond motifs is 1. The van der Waals surface area contributed by atoms with Crippen LogP contribution in [0.4, 0.5) is 4.39 Å². The summed E-state index contributed by atoms with van der Waals surface area (Å²) in [6.07, 6.45) is -3.29. The molecule has 5 fully saturated rings. The van der Waals surface area contributed by atoms with Crippen molar-refractivity contribution < 1.29 is 106 Å². The molecule has 4 aliphatic heterocycles. The fraction of sp³-hybridized carbons (Fsp3) is 0.920. The summed E-state index contributed by atoms with van der Waals surface area (Å²) < 4.78 is 62.5. The molecule has 4 heterocycles. The standard InChI is InChI=1S/C32H61NO8.C25H40O7.C24H44FNO6.3C2H6/c1-13-25-32(10,38)28(35)23(7)33(11)17-18(2)15-30(8,37)22(6)20(4)26(21(5)29(36)41-25)40-24-14-19(3)27(34)31(9,16-24)39-12;1-10-19-25(8)18(11-20(26)32-25)15(4)21(27)13(2)12-24(7,30-9)17(6)14(3)22(28)16(5)23(29)31-19;1-11-18-24(8,30)20(28)17(5)26(9)13-14(2)12-22(6,31-10)16(4)15(3)19(27)23(7,25)21(29)32-18;3*1-2/h18-28,34-35,37-38H,13-17H2,1-12H3;13-19H,10-12H2,1-9H3;14-18,20,28,30H,11-13H2,1-10H3;3*1-2H3/t18-,19-,20-,21-,22-,23-,24-,25-,26+,27+,28-,30-,31-,32-;13-,14-,15-,16-,17-,18-,19-,24-,25+;14-,15-,16-,17-,18-,20-,22-,23+,24-;;;/m111.../s1. The summed E-state index contributed by atoms with van der Waals surface area (Å²) >= 11 is 0. The molecule has 0 aromatic rings. The van der Waals surface area contributed by atoms with Crippen molar-refractivity contribution in [3.63, 3.8) is 0 Å². The van der Waals surface area contributed by atoms with E-state index in [9.17, 15) is 64.2 Å². The van der Waals surface area contributed by atoms with Gasteiger partial charge in [-0.25, -0.2) is 9.18 Å². The number of carbonyl (C=O) groups is 7. The Bertz CT molecular complexity index is 2880. The molecule has 111 heavy (non-hydrogen) atoms. The first kappa shape index (κ1) is 107. The highest BCUT2D eigenvalue weighted by Gasteiger charge is 2.58. The predicted octanol–water partition coefficient (Wildman–Crippen LogP) is 13.0. The van der Waals surface area contributed by atoms with Crippen molar-refractivity contribution in [2.24, 2.45) is 82.9 Å². The number of rotatable bonds is 8. The van der Waals surface area contributed by atoms with E-state index in [1.54, 1.807) is 69.8 Å². The Morgan fingerprint density at radius 2 is 0.910 bits per heavy atom. The number of methoxy groups -OCH3 is 3. The average Bonchev–Trinajstić information content (AvgIpc) is 1.66. The molecule has 654 valence electrons. The van der Waals surface area contributed by atoms with E-state index in [0.29, 0.717) is 58.0 Å². The third kappa shape index (κ3) is 25.7. The lowest BCUT2D eigenvalue weighted by molar-refractivity contribution is -0.206. The van der Waals surface area contributed by atoms with Crippen molar-refractivity contribution in [1.29, 1.82) is 0 Å². The first-order chi connectivity index (χ1) is 50.9. The number of hydrogen-bond donors (Lipinski definition) is 6. The van der Waals surface area contributed by atoms with Crippen LogP contribution in [0.3, 0.4) is 0 Å². The first-order valence-corrected chi connectivity index (χ1v) is 42.0. The molecule has 24 heteroatoms. The molecule has 6 N–H and O–H groups in total. The Balaban J connectivity index is 0.00000160. The van der Waals surface area contributed by atoms with Crippen LogP contribution in [0.1, 0.15) is 279 Å². The quantitative estimate of drug-likeness (QED) is 0.0747. The Morgan fingerprint density at radius 3 is 1.35 bits per heavy atom. The molecule has 5 rings (SSSR count). The van der Waals surface area contributed by atoms with Crippen molar-refractivity contribution in [2.45, 2.75) is 385 Å². The summed E-state index contributed by atoms with van der Waals surface area (Å²) in [5.41, 5.74) is -10.9. The van der Waals surface area contributed by atoms with Gasteiger partial charge in [0.05, 0.1) is 53.1 Å². The van der Waals surface area contributed by atoms with Crippen LogP contribution < -0.4 is 0 Å². The molecule has 0 unspecified atom stereocenters. The van der Waals surface area contributed by atoms with Crippen LogP contribution >= 0.6 is 0 Å². The number of esters is 4. The second kappa shape index (κ2) is 44.8. The summed E-state index contributed by atoms with van der Waals surface area (Å²) in [4.78, 5) is 95.5. The summed E-state index contributed by atoms with van der Waals surface area (Å²) in [6, 6.07) is -0.896. The Morgan fingerprint density at radius 1 is 0.495 bits per heavy atom. The zero-order chi connectivity index (χ0) is 87.5. The summed E-state index contributed by atoms with van der Waals surface area (Å²) in [7, 11) is 8.49. The van der Waals surface area contributed by atoms with Gasteiger partial charge in [-0.1, -0.05) is 138 Å². The number of cyclic esters (lactones) is 3.